The first kappa shape index (κ1) is 22.4. The number of aryl methyl sites for hydroxylation is 1. The topological polar surface area (TPSA) is 35.5 Å². The van der Waals surface area contributed by atoms with E-state index in [1.165, 1.54) is 24.0 Å². The minimum absolute atomic E-state index is 0.0177. The van der Waals surface area contributed by atoms with E-state index in [2.05, 4.69) is 38.2 Å². The largest absolute Gasteiger partial charge is 0.461 e. The zero-order valence-electron chi connectivity index (χ0n) is 20.7. The van der Waals surface area contributed by atoms with E-state index in [4.69, 9.17) is 9.47 Å². The van der Waals surface area contributed by atoms with Crippen molar-refractivity contribution in [3.8, 4) is 11.5 Å². The van der Waals surface area contributed by atoms with Gasteiger partial charge in [-0.25, -0.2) is 0 Å². The van der Waals surface area contributed by atoms with Crippen LogP contribution in [0.4, 0.5) is 0 Å². The molecule has 3 aromatic rings. The number of esters is 1. The third-order valence-corrected chi connectivity index (χ3v) is 8.72. The molecule has 4 atom stereocenters. The number of nitrogens with zero attached hydrogens (tertiary/aromatic N) is 1. The monoisotopic (exact) mass is 468 g/mol. The molecule has 4 nitrogen and oxygen atoms in total. The lowest BCUT2D eigenvalue weighted by Crippen LogP contribution is -2.58. The molecule has 0 radical (unpaired) electrons. The summed E-state index contributed by atoms with van der Waals surface area (Å²) < 4.78 is 13.4. The summed E-state index contributed by atoms with van der Waals surface area (Å²) in [5, 5.41) is 0. The number of hydrogen-bond donors (Lipinski definition) is 0. The van der Waals surface area contributed by atoms with Crippen molar-refractivity contribution in [3.63, 3.8) is 0 Å². The Labute approximate surface area is 208 Å². The summed E-state index contributed by atoms with van der Waals surface area (Å²) in [6.07, 6.45) is 5.37. The van der Waals surface area contributed by atoms with Crippen LogP contribution in [0.25, 0.3) is 0 Å². The summed E-state index contributed by atoms with van der Waals surface area (Å²) in [7, 11) is 2.42. The van der Waals surface area contributed by atoms with E-state index in [0.29, 0.717) is 12.1 Å². The van der Waals surface area contributed by atoms with Crippen LogP contribution < -0.4 is 4.74 Å². The van der Waals surface area contributed by atoms with E-state index >= 15 is 0 Å². The maximum Gasteiger partial charge on any atom is 0.318 e. The van der Waals surface area contributed by atoms with Crippen molar-refractivity contribution in [2.24, 2.45) is 0 Å². The van der Waals surface area contributed by atoms with Crippen molar-refractivity contribution in [1.29, 1.82) is 0 Å². The minimum Gasteiger partial charge on any atom is -0.461 e. The maximum atomic E-state index is 13.7. The zero-order chi connectivity index (χ0) is 24.0. The van der Waals surface area contributed by atoms with Crippen LogP contribution in [-0.4, -0.2) is 35.7 Å². The van der Waals surface area contributed by atoms with Crippen LogP contribution >= 0.6 is 0 Å². The second-order valence-corrected chi connectivity index (χ2v) is 10.7. The van der Waals surface area contributed by atoms with E-state index in [1.807, 2.05) is 48.5 Å². The maximum absolute atomic E-state index is 13.7. The Kier molecular flexibility index (Phi) is 5.64. The summed E-state index contributed by atoms with van der Waals surface area (Å²) in [4.78, 5) is 13.7. The first-order valence-corrected chi connectivity index (χ1v) is 13.0. The lowest BCUT2D eigenvalue weighted by atomic mass is 9.88. The van der Waals surface area contributed by atoms with Gasteiger partial charge in [0, 0.05) is 42.4 Å². The third-order valence-electron chi connectivity index (χ3n) is 8.72. The van der Waals surface area contributed by atoms with Crippen LogP contribution in [0.15, 0.2) is 72.8 Å². The summed E-state index contributed by atoms with van der Waals surface area (Å²) in [5.74, 6) is 0.905. The van der Waals surface area contributed by atoms with E-state index in [0.717, 1.165) is 52.9 Å². The van der Waals surface area contributed by atoms with E-state index in [-0.39, 0.29) is 12.1 Å². The van der Waals surface area contributed by atoms with Crippen LogP contribution in [0, 0.1) is 0 Å². The first-order valence-electron chi connectivity index (χ1n) is 13.0. The molecule has 3 aliphatic rings. The normalized spacial score (nSPS) is 27.0. The summed E-state index contributed by atoms with van der Waals surface area (Å²) in [6, 6.07) is 25.9. The Bertz CT molecular complexity index is 1170. The molecule has 4 heteroatoms. The van der Waals surface area contributed by atoms with Gasteiger partial charge >= 0.3 is 5.97 Å². The van der Waals surface area contributed by atoms with Crippen LogP contribution in [0.2, 0.25) is 0 Å². The SMILES string of the molecule is CCc1ccc(C[N+]2(C)[C@@H]3CC[C@H]2CC(OC(=O)C2c4ccccc4Oc4ccccc42)C3)cc1. The Morgan fingerprint density at radius 2 is 1.40 bits per heavy atom. The van der Waals surface area contributed by atoms with Gasteiger partial charge in [-0.1, -0.05) is 67.6 Å². The van der Waals surface area contributed by atoms with Crippen molar-refractivity contribution in [2.45, 2.75) is 69.7 Å². The fourth-order valence-electron chi connectivity index (χ4n) is 6.72. The Balaban J connectivity index is 1.19. The van der Waals surface area contributed by atoms with Crippen molar-refractivity contribution >= 4 is 5.97 Å². The van der Waals surface area contributed by atoms with Gasteiger partial charge in [0.05, 0.1) is 19.1 Å². The van der Waals surface area contributed by atoms with Gasteiger partial charge in [-0.15, -0.1) is 0 Å². The summed E-state index contributed by atoms with van der Waals surface area (Å²) in [5.41, 5.74) is 4.59. The summed E-state index contributed by atoms with van der Waals surface area (Å²) >= 11 is 0. The Hall–Kier alpha value is -3.11. The van der Waals surface area contributed by atoms with Crippen molar-refractivity contribution in [1.82, 2.24) is 0 Å². The fraction of sp³-hybridized carbons (Fsp3) is 0.387. The van der Waals surface area contributed by atoms with E-state index in [1.54, 1.807) is 0 Å². The molecule has 0 aromatic heterocycles. The van der Waals surface area contributed by atoms with Gasteiger partial charge < -0.3 is 14.0 Å². The molecule has 0 spiro atoms. The van der Waals surface area contributed by atoms with Crippen LogP contribution in [0.5, 0.6) is 11.5 Å². The fourth-order valence-corrected chi connectivity index (χ4v) is 6.72. The number of hydrogen-bond acceptors (Lipinski definition) is 3. The number of piperidine rings is 1. The quantitative estimate of drug-likeness (QED) is 0.322. The molecule has 3 heterocycles. The average Bonchev–Trinajstić information content (AvgIpc) is 3.03. The molecule has 2 unspecified atom stereocenters. The van der Waals surface area contributed by atoms with Gasteiger partial charge in [-0.05, 0) is 24.1 Å². The second-order valence-electron chi connectivity index (χ2n) is 10.7. The standard InChI is InChI=1S/C31H34NO3/c1-3-21-12-14-22(15-13-21)20-32(2)23-16-17-24(32)19-25(18-23)34-31(33)30-26-8-4-6-10-28(26)35-29-11-7-5-9-27(29)30/h4-15,23-25,30H,3,16-20H2,1-2H3/q+1/t23-,24+,25?,32?. The molecule has 180 valence electrons. The number of para-hydroxylation sites is 2. The Morgan fingerprint density at radius 3 is 1.97 bits per heavy atom. The van der Waals surface area contributed by atoms with Gasteiger partial charge in [0.1, 0.15) is 30.1 Å². The van der Waals surface area contributed by atoms with Crippen LogP contribution in [0.1, 0.15) is 60.8 Å². The molecule has 0 aliphatic carbocycles. The number of fused-ring (bicyclic) bond motifs is 4. The summed E-state index contributed by atoms with van der Waals surface area (Å²) in [6.45, 7) is 3.26. The molecule has 2 fully saturated rings. The highest BCUT2D eigenvalue weighted by Gasteiger charge is 2.52. The van der Waals surface area contributed by atoms with Gasteiger partial charge in [-0.2, -0.15) is 0 Å². The molecular formula is C31H34NO3+. The van der Waals surface area contributed by atoms with Crippen molar-refractivity contribution in [2.75, 3.05) is 7.05 Å². The highest BCUT2D eigenvalue weighted by Crippen LogP contribution is 2.47. The van der Waals surface area contributed by atoms with Crippen LogP contribution in [0.3, 0.4) is 0 Å². The zero-order valence-corrected chi connectivity index (χ0v) is 20.7. The highest BCUT2D eigenvalue weighted by atomic mass is 16.5. The third kappa shape index (κ3) is 3.94. The van der Waals surface area contributed by atoms with E-state index < -0.39 is 5.92 Å². The number of carbonyl (C=O) groups excluding carboxylic acids is 1. The first-order chi connectivity index (χ1) is 17.0. The molecule has 3 aromatic carbocycles. The predicted octanol–water partition coefficient (Wildman–Crippen LogP) is 6.37. The second kappa shape index (κ2) is 8.83. The molecule has 0 N–H and O–H groups in total. The highest BCUT2D eigenvalue weighted by molar-refractivity contribution is 5.85. The molecule has 2 saturated heterocycles. The van der Waals surface area contributed by atoms with Gasteiger partial charge in [0.2, 0.25) is 0 Å². The smallest absolute Gasteiger partial charge is 0.318 e. The van der Waals surface area contributed by atoms with Gasteiger partial charge in [0.15, 0.2) is 0 Å². The predicted molar refractivity (Wildman–Crippen MR) is 136 cm³/mol. The number of rotatable bonds is 5. The van der Waals surface area contributed by atoms with Gasteiger partial charge in [0.25, 0.3) is 0 Å². The van der Waals surface area contributed by atoms with Crippen molar-refractivity contribution < 1.29 is 18.8 Å². The number of quaternary nitrogens is 1. The Morgan fingerprint density at radius 1 is 0.857 bits per heavy atom. The van der Waals surface area contributed by atoms with Crippen molar-refractivity contribution in [3.05, 3.63) is 95.1 Å². The number of carbonyl (C=O) groups is 1. The molecule has 2 bridgehead atoms. The average molecular weight is 469 g/mol. The molecule has 35 heavy (non-hydrogen) atoms. The minimum atomic E-state index is -0.436. The number of ether oxygens (including phenoxy) is 2. The molecular weight excluding hydrogens is 434 g/mol. The lowest BCUT2D eigenvalue weighted by Gasteiger charge is -2.47. The molecule has 6 rings (SSSR count). The molecule has 0 amide bonds. The molecule has 0 saturated carbocycles. The van der Waals surface area contributed by atoms with Gasteiger partial charge in [-0.3, -0.25) is 4.79 Å². The molecule has 3 aliphatic heterocycles. The van der Waals surface area contributed by atoms with E-state index in [9.17, 15) is 4.79 Å². The van der Waals surface area contributed by atoms with Crippen LogP contribution in [-0.2, 0) is 22.5 Å². The lowest BCUT2D eigenvalue weighted by molar-refractivity contribution is -0.961. The number of benzene rings is 3.